The summed E-state index contributed by atoms with van der Waals surface area (Å²) < 4.78 is 14.2. The molecule has 0 radical (unpaired) electrons. The Morgan fingerprint density at radius 2 is 1.97 bits per heavy atom. The number of carbonyl (C=O) groups is 1. The van der Waals surface area contributed by atoms with Crippen LogP contribution in [0, 0.1) is 0 Å². The summed E-state index contributed by atoms with van der Waals surface area (Å²) in [6.45, 7) is 0.756. The molecule has 4 rings (SSSR count). The fraction of sp³-hybridized carbons (Fsp3) is 0.0833. The van der Waals surface area contributed by atoms with Gasteiger partial charge in [0.25, 0.3) is 0 Å². The van der Waals surface area contributed by atoms with Gasteiger partial charge in [0, 0.05) is 27.1 Å². The molecule has 5 heteroatoms. The first-order chi connectivity index (χ1) is 14.1. The topological polar surface area (TPSA) is 43.3 Å². The van der Waals surface area contributed by atoms with Crippen LogP contribution in [-0.2, 0) is 6.54 Å². The number of ether oxygens (including phenoxy) is 1. The molecule has 2 aromatic heterocycles. The van der Waals surface area contributed by atoms with Crippen molar-refractivity contribution >= 4 is 38.8 Å². The van der Waals surface area contributed by atoms with Gasteiger partial charge in [0.2, 0.25) is 5.78 Å². The van der Waals surface area contributed by atoms with Crippen LogP contribution in [0.4, 0.5) is 0 Å². The van der Waals surface area contributed by atoms with Gasteiger partial charge in [-0.15, -0.1) is 0 Å². The molecule has 2 heterocycles. The molecule has 144 valence electrons. The van der Waals surface area contributed by atoms with E-state index in [4.69, 9.17) is 9.15 Å². The van der Waals surface area contributed by atoms with E-state index in [1.165, 1.54) is 11.6 Å². The van der Waals surface area contributed by atoms with Gasteiger partial charge in [0.05, 0.1) is 7.11 Å². The number of halogens is 1. The van der Waals surface area contributed by atoms with E-state index in [1.807, 2.05) is 54.9 Å². The lowest BCUT2D eigenvalue weighted by atomic mass is 10.2. The van der Waals surface area contributed by atoms with Crippen molar-refractivity contribution in [2.75, 3.05) is 7.11 Å². The summed E-state index contributed by atoms with van der Waals surface area (Å²) in [5.41, 5.74) is 2.72. The first-order valence-corrected chi connectivity index (χ1v) is 9.94. The fourth-order valence-corrected chi connectivity index (χ4v) is 3.38. The molecule has 0 aliphatic rings. The number of rotatable bonds is 6. The molecular weight excluding hydrogens is 430 g/mol. The molecule has 0 aliphatic heterocycles. The van der Waals surface area contributed by atoms with Gasteiger partial charge >= 0.3 is 0 Å². The van der Waals surface area contributed by atoms with Crippen LogP contribution in [0.1, 0.15) is 21.7 Å². The van der Waals surface area contributed by atoms with E-state index >= 15 is 0 Å². The van der Waals surface area contributed by atoms with Crippen molar-refractivity contribution in [3.05, 3.63) is 100 Å². The van der Waals surface area contributed by atoms with Crippen molar-refractivity contribution in [1.82, 2.24) is 0 Å². The molecule has 2 aromatic carbocycles. The SMILES string of the molecule is COc1cccc2cc(C(=O)C=Cc3ccc[n+](Cc4ccc(Br)cc4)c3)oc12. The molecule has 0 atom stereocenters. The molecule has 0 amide bonds. The molecule has 0 saturated heterocycles. The van der Waals surface area contributed by atoms with Crippen LogP contribution >= 0.6 is 15.9 Å². The number of aromatic nitrogens is 1. The fourth-order valence-electron chi connectivity index (χ4n) is 3.11. The number of para-hydroxylation sites is 1. The van der Waals surface area contributed by atoms with Crippen molar-refractivity contribution in [3.63, 3.8) is 0 Å². The first-order valence-electron chi connectivity index (χ1n) is 9.15. The predicted octanol–water partition coefficient (Wildman–Crippen LogP) is 5.44. The molecule has 4 nitrogen and oxygen atoms in total. The standard InChI is InChI=1S/C24H19BrNO3/c1-28-22-6-2-5-19-14-23(29-24(19)22)21(27)12-9-17-4-3-13-26(15-17)16-18-7-10-20(25)11-8-18/h2-15H,16H2,1H3/q+1. The number of allylic oxidation sites excluding steroid dienone is 1. The van der Waals surface area contributed by atoms with Crippen LogP contribution in [0.3, 0.4) is 0 Å². The Balaban J connectivity index is 1.51. The molecule has 0 aliphatic carbocycles. The minimum Gasteiger partial charge on any atom is -0.493 e. The molecule has 0 N–H and O–H groups in total. The van der Waals surface area contributed by atoms with Crippen molar-refractivity contribution in [2.45, 2.75) is 6.54 Å². The smallest absolute Gasteiger partial charge is 0.221 e. The summed E-state index contributed by atoms with van der Waals surface area (Å²) in [5, 5.41) is 0.841. The maximum Gasteiger partial charge on any atom is 0.221 e. The van der Waals surface area contributed by atoms with Gasteiger partial charge in [-0.3, -0.25) is 4.79 Å². The Morgan fingerprint density at radius 1 is 1.14 bits per heavy atom. The lowest BCUT2D eigenvalue weighted by Gasteiger charge is -1.99. The van der Waals surface area contributed by atoms with E-state index in [1.54, 1.807) is 19.3 Å². The van der Waals surface area contributed by atoms with Crippen molar-refractivity contribution < 1.29 is 18.5 Å². The maximum atomic E-state index is 12.6. The van der Waals surface area contributed by atoms with Crippen molar-refractivity contribution in [1.29, 1.82) is 0 Å². The van der Waals surface area contributed by atoms with Gasteiger partial charge < -0.3 is 9.15 Å². The summed E-state index contributed by atoms with van der Waals surface area (Å²) in [7, 11) is 1.58. The number of nitrogens with zero attached hydrogens (tertiary/aromatic N) is 1. The maximum absolute atomic E-state index is 12.6. The van der Waals surface area contributed by atoms with Crippen molar-refractivity contribution in [2.24, 2.45) is 0 Å². The van der Waals surface area contributed by atoms with Gasteiger partial charge in [-0.2, -0.15) is 0 Å². The van der Waals surface area contributed by atoms with Crippen LogP contribution in [0.25, 0.3) is 17.0 Å². The Hall–Kier alpha value is -3.18. The number of fused-ring (bicyclic) bond motifs is 1. The molecule has 0 saturated carbocycles. The normalized spacial score (nSPS) is 11.2. The third-order valence-electron chi connectivity index (χ3n) is 4.56. The molecule has 0 spiro atoms. The number of hydrogen-bond acceptors (Lipinski definition) is 3. The molecule has 29 heavy (non-hydrogen) atoms. The summed E-state index contributed by atoms with van der Waals surface area (Å²) in [4.78, 5) is 12.6. The van der Waals surface area contributed by atoms with Gasteiger partial charge in [-0.05, 0) is 42.5 Å². The van der Waals surface area contributed by atoms with Crippen molar-refractivity contribution in [3.8, 4) is 5.75 Å². The van der Waals surface area contributed by atoms with Gasteiger partial charge in [0.15, 0.2) is 36.0 Å². The van der Waals surface area contributed by atoms with Crippen LogP contribution in [0.2, 0.25) is 0 Å². The van der Waals surface area contributed by atoms with E-state index in [0.29, 0.717) is 17.1 Å². The van der Waals surface area contributed by atoms with Gasteiger partial charge in [-0.25, -0.2) is 4.57 Å². The lowest BCUT2D eigenvalue weighted by Crippen LogP contribution is -2.33. The largest absolute Gasteiger partial charge is 0.493 e. The number of benzene rings is 2. The average molecular weight is 449 g/mol. The summed E-state index contributed by atoms with van der Waals surface area (Å²) in [5.74, 6) is 0.716. The zero-order valence-electron chi connectivity index (χ0n) is 15.8. The zero-order valence-corrected chi connectivity index (χ0v) is 17.4. The lowest BCUT2D eigenvalue weighted by molar-refractivity contribution is -0.688. The van der Waals surface area contributed by atoms with Crippen LogP contribution in [0.15, 0.2) is 88.0 Å². The average Bonchev–Trinajstić information content (AvgIpc) is 3.18. The highest BCUT2D eigenvalue weighted by molar-refractivity contribution is 9.10. The van der Waals surface area contributed by atoms with E-state index in [0.717, 1.165) is 22.0 Å². The van der Waals surface area contributed by atoms with E-state index < -0.39 is 0 Å². The van der Waals surface area contributed by atoms with Crippen LogP contribution in [-0.4, -0.2) is 12.9 Å². The number of carbonyl (C=O) groups excluding carboxylic acids is 1. The second-order valence-corrected chi connectivity index (χ2v) is 7.54. The predicted molar refractivity (Wildman–Crippen MR) is 116 cm³/mol. The second-order valence-electron chi connectivity index (χ2n) is 6.62. The first kappa shape index (κ1) is 19.2. The second kappa shape index (κ2) is 8.45. The molecule has 0 bridgehead atoms. The monoisotopic (exact) mass is 448 g/mol. The number of ketones is 1. The quantitative estimate of drug-likeness (QED) is 0.224. The third-order valence-corrected chi connectivity index (χ3v) is 5.09. The molecular formula is C24H19BrNO3+. The minimum absolute atomic E-state index is 0.188. The van der Waals surface area contributed by atoms with Gasteiger partial charge in [-0.1, -0.05) is 40.2 Å². The number of pyridine rings is 1. The van der Waals surface area contributed by atoms with E-state index in [-0.39, 0.29) is 5.78 Å². The Bertz CT molecular complexity index is 1190. The molecule has 0 unspecified atom stereocenters. The Kier molecular flexibility index (Phi) is 5.58. The summed E-state index contributed by atoms with van der Waals surface area (Å²) in [6, 6.07) is 19.5. The number of furan rings is 1. The number of hydrogen-bond donors (Lipinski definition) is 0. The Morgan fingerprint density at radius 3 is 2.76 bits per heavy atom. The Labute approximate surface area is 177 Å². The number of methoxy groups -OCH3 is 1. The zero-order chi connectivity index (χ0) is 20.2. The highest BCUT2D eigenvalue weighted by Crippen LogP contribution is 2.28. The van der Waals surface area contributed by atoms with Crippen LogP contribution < -0.4 is 9.30 Å². The molecule has 4 aromatic rings. The minimum atomic E-state index is -0.188. The van der Waals surface area contributed by atoms with Gasteiger partial charge in [0.1, 0.15) is 0 Å². The highest BCUT2D eigenvalue weighted by Gasteiger charge is 2.13. The highest BCUT2D eigenvalue weighted by atomic mass is 79.9. The van der Waals surface area contributed by atoms with Crippen LogP contribution in [0.5, 0.6) is 5.75 Å². The van der Waals surface area contributed by atoms with E-state index in [9.17, 15) is 4.79 Å². The molecule has 0 fully saturated rings. The summed E-state index contributed by atoms with van der Waals surface area (Å²) >= 11 is 3.45. The third kappa shape index (κ3) is 4.46. The van der Waals surface area contributed by atoms with E-state index in [2.05, 4.69) is 32.6 Å². The summed E-state index contributed by atoms with van der Waals surface area (Å²) in [6.07, 6.45) is 7.34.